The summed E-state index contributed by atoms with van der Waals surface area (Å²) >= 11 is 0. The zero-order valence-electron chi connectivity index (χ0n) is 12.0. The van der Waals surface area contributed by atoms with E-state index in [1.807, 2.05) is 48.5 Å². The molecule has 0 spiro atoms. The highest BCUT2D eigenvalue weighted by atomic mass is 16.4. The Morgan fingerprint density at radius 3 is 2.00 bits per heavy atom. The molecule has 108 valence electrons. The fourth-order valence-corrected chi connectivity index (χ4v) is 3.52. The largest absolute Gasteiger partial charge is 0.481 e. The standard InChI is InChI=1S/C19H20O2/c20-18(21)19(12-16-9-5-2-6-10-16)13-17(14-19)11-15-7-3-1-4-8-15/h1-10,17H,11-14H2,(H,20,21). The predicted octanol–water partition coefficient (Wildman–Crippen LogP) is 3.95. The SMILES string of the molecule is O=C(O)C1(Cc2ccccc2)CC(Cc2ccccc2)C1. The molecular formula is C19H20O2. The van der Waals surface area contributed by atoms with Crippen molar-refractivity contribution in [2.75, 3.05) is 0 Å². The molecule has 2 aromatic carbocycles. The second-order valence-corrected chi connectivity index (χ2v) is 6.21. The average Bonchev–Trinajstić information content (AvgIpc) is 2.46. The van der Waals surface area contributed by atoms with Crippen molar-refractivity contribution in [1.82, 2.24) is 0 Å². The summed E-state index contributed by atoms with van der Waals surface area (Å²) in [5, 5.41) is 9.63. The topological polar surface area (TPSA) is 37.3 Å². The maximum atomic E-state index is 11.7. The lowest BCUT2D eigenvalue weighted by Gasteiger charge is -2.45. The summed E-state index contributed by atoms with van der Waals surface area (Å²) in [5.41, 5.74) is 1.88. The molecular weight excluding hydrogens is 260 g/mol. The molecule has 2 nitrogen and oxygen atoms in total. The number of rotatable bonds is 5. The first-order chi connectivity index (χ1) is 10.2. The van der Waals surface area contributed by atoms with Crippen LogP contribution < -0.4 is 0 Å². The molecule has 1 aliphatic carbocycles. The monoisotopic (exact) mass is 280 g/mol. The Morgan fingerprint density at radius 1 is 0.952 bits per heavy atom. The Kier molecular flexibility index (Phi) is 3.78. The summed E-state index contributed by atoms with van der Waals surface area (Å²) in [6.45, 7) is 0. The highest BCUT2D eigenvalue weighted by molar-refractivity contribution is 5.76. The first-order valence-corrected chi connectivity index (χ1v) is 7.49. The quantitative estimate of drug-likeness (QED) is 0.900. The molecule has 0 aromatic heterocycles. The summed E-state index contributed by atoms with van der Waals surface area (Å²) in [6, 6.07) is 20.3. The Balaban J connectivity index is 1.65. The van der Waals surface area contributed by atoms with Crippen LogP contribution in [0, 0.1) is 11.3 Å². The van der Waals surface area contributed by atoms with Gasteiger partial charge < -0.3 is 5.11 Å². The van der Waals surface area contributed by atoms with Gasteiger partial charge in [-0.05, 0) is 42.7 Å². The van der Waals surface area contributed by atoms with Crippen LogP contribution in [0.5, 0.6) is 0 Å². The van der Waals surface area contributed by atoms with Gasteiger partial charge in [-0.2, -0.15) is 0 Å². The third-order valence-electron chi connectivity index (χ3n) is 4.57. The Hall–Kier alpha value is -2.09. The smallest absolute Gasteiger partial charge is 0.309 e. The van der Waals surface area contributed by atoms with Gasteiger partial charge in [0.05, 0.1) is 5.41 Å². The molecule has 0 atom stereocenters. The number of carboxylic acids is 1. The second kappa shape index (κ2) is 5.72. The van der Waals surface area contributed by atoms with Gasteiger partial charge in [0.25, 0.3) is 0 Å². The van der Waals surface area contributed by atoms with Crippen molar-refractivity contribution in [2.24, 2.45) is 11.3 Å². The highest BCUT2D eigenvalue weighted by Gasteiger charge is 2.49. The minimum Gasteiger partial charge on any atom is -0.481 e. The summed E-state index contributed by atoms with van der Waals surface area (Å²) in [4.78, 5) is 11.7. The molecule has 1 saturated carbocycles. The highest BCUT2D eigenvalue weighted by Crippen LogP contribution is 2.49. The van der Waals surface area contributed by atoms with Gasteiger partial charge >= 0.3 is 5.97 Å². The van der Waals surface area contributed by atoms with Crippen LogP contribution in [0.4, 0.5) is 0 Å². The van der Waals surface area contributed by atoms with Crippen LogP contribution >= 0.6 is 0 Å². The number of carboxylic acid groups (broad SMARTS) is 1. The molecule has 2 aromatic rings. The van der Waals surface area contributed by atoms with Crippen molar-refractivity contribution < 1.29 is 9.90 Å². The number of benzene rings is 2. The van der Waals surface area contributed by atoms with E-state index in [9.17, 15) is 9.90 Å². The molecule has 1 fully saturated rings. The van der Waals surface area contributed by atoms with Crippen LogP contribution in [-0.2, 0) is 17.6 Å². The molecule has 0 saturated heterocycles. The van der Waals surface area contributed by atoms with Crippen molar-refractivity contribution in [1.29, 1.82) is 0 Å². The summed E-state index contributed by atoms with van der Waals surface area (Å²) in [7, 11) is 0. The fourth-order valence-electron chi connectivity index (χ4n) is 3.52. The molecule has 0 bridgehead atoms. The lowest BCUT2D eigenvalue weighted by molar-refractivity contribution is -0.158. The zero-order valence-corrected chi connectivity index (χ0v) is 12.0. The normalized spacial score (nSPS) is 24.3. The molecule has 21 heavy (non-hydrogen) atoms. The van der Waals surface area contributed by atoms with Crippen molar-refractivity contribution in [2.45, 2.75) is 25.7 Å². The van der Waals surface area contributed by atoms with E-state index in [-0.39, 0.29) is 0 Å². The molecule has 3 rings (SSSR count). The van der Waals surface area contributed by atoms with E-state index in [1.165, 1.54) is 5.56 Å². The third-order valence-corrected chi connectivity index (χ3v) is 4.57. The fraction of sp³-hybridized carbons (Fsp3) is 0.316. The maximum Gasteiger partial charge on any atom is 0.309 e. The van der Waals surface area contributed by atoms with E-state index in [0.717, 1.165) is 24.8 Å². The van der Waals surface area contributed by atoms with Crippen molar-refractivity contribution in [3.8, 4) is 0 Å². The molecule has 0 unspecified atom stereocenters. The van der Waals surface area contributed by atoms with Crippen molar-refractivity contribution in [3.63, 3.8) is 0 Å². The minimum absolute atomic E-state index is 0.493. The van der Waals surface area contributed by atoms with Crippen LogP contribution in [0.15, 0.2) is 60.7 Å². The van der Waals surface area contributed by atoms with Crippen LogP contribution in [0.3, 0.4) is 0 Å². The van der Waals surface area contributed by atoms with Gasteiger partial charge in [-0.1, -0.05) is 60.7 Å². The second-order valence-electron chi connectivity index (χ2n) is 6.21. The average molecular weight is 280 g/mol. The summed E-state index contributed by atoms with van der Waals surface area (Å²) in [5.74, 6) is -0.150. The Bertz CT molecular complexity index is 598. The first-order valence-electron chi connectivity index (χ1n) is 7.49. The number of hydrogen-bond acceptors (Lipinski definition) is 1. The number of hydrogen-bond donors (Lipinski definition) is 1. The van der Waals surface area contributed by atoms with Crippen LogP contribution in [0.2, 0.25) is 0 Å². The van der Waals surface area contributed by atoms with Gasteiger partial charge in [-0.25, -0.2) is 0 Å². The van der Waals surface area contributed by atoms with E-state index < -0.39 is 11.4 Å². The summed E-state index contributed by atoms with van der Waals surface area (Å²) in [6.07, 6.45) is 3.21. The molecule has 1 aliphatic rings. The van der Waals surface area contributed by atoms with E-state index in [2.05, 4.69) is 12.1 Å². The molecule has 1 N–H and O–H groups in total. The number of aliphatic carboxylic acids is 1. The van der Waals surface area contributed by atoms with Crippen molar-refractivity contribution >= 4 is 5.97 Å². The summed E-state index contributed by atoms with van der Waals surface area (Å²) < 4.78 is 0. The lowest BCUT2D eigenvalue weighted by atomic mass is 9.58. The lowest BCUT2D eigenvalue weighted by Crippen LogP contribution is -2.46. The molecule has 2 heteroatoms. The first kappa shape index (κ1) is 13.9. The van der Waals surface area contributed by atoms with Crippen LogP contribution in [0.25, 0.3) is 0 Å². The van der Waals surface area contributed by atoms with E-state index in [1.54, 1.807) is 0 Å². The molecule has 0 amide bonds. The van der Waals surface area contributed by atoms with Crippen LogP contribution in [0.1, 0.15) is 24.0 Å². The van der Waals surface area contributed by atoms with Crippen LogP contribution in [-0.4, -0.2) is 11.1 Å². The number of carbonyl (C=O) groups is 1. The molecule has 0 aliphatic heterocycles. The Labute approximate surface area is 125 Å². The predicted molar refractivity (Wildman–Crippen MR) is 83.1 cm³/mol. The minimum atomic E-state index is -0.643. The van der Waals surface area contributed by atoms with Gasteiger partial charge in [-0.15, -0.1) is 0 Å². The van der Waals surface area contributed by atoms with E-state index in [4.69, 9.17) is 0 Å². The van der Waals surface area contributed by atoms with Gasteiger partial charge in [0.15, 0.2) is 0 Å². The zero-order chi connectivity index (χ0) is 14.7. The van der Waals surface area contributed by atoms with E-state index in [0.29, 0.717) is 12.3 Å². The van der Waals surface area contributed by atoms with Gasteiger partial charge in [0.1, 0.15) is 0 Å². The van der Waals surface area contributed by atoms with Gasteiger partial charge in [0.2, 0.25) is 0 Å². The maximum absolute atomic E-state index is 11.7. The molecule has 0 radical (unpaired) electrons. The van der Waals surface area contributed by atoms with E-state index >= 15 is 0 Å². The van der Waals surface area contributed by atoms with Crippen molar-refractivity contribution in [3.05, 3.63) is 71.8 Å². The molecule has 0 heterocycles. The van der Waals surface area contributed by atoms with Gasteiger partial charge in [0, 0.05) is 0 Å². The Morgan fingerprint density at radius 2 is 1.48 bits per heavy atom. The van der Waals surface area contributed by atoms with Gasteiger partial charge in [-0.3, -0.25) is 4.79 Å². The third kappa shape index (κ3) is 2.99.